The van der Waals surface area contributed by atoms with Crippen molar-refractivity contribution in [3.05, 3.63) is 83.4 Å². The van der Waals surface area contributed by atoms with Crippen LogP contribution >= 0.6 is 0 Å². The van der Waals surface area contributed by atoms with Gasteiger partial charge in [-0.15, -0.1) is 12.8 Å². The minimum atomic E-state index is -1.47. The number of hydrogen-bond acceptors (Lipinski definition) is 4. The molecule has 0 radical (unpaired) electrons. The third-order valence-electron chi connectivity index (χ3n) is 4.30. The Balaban J connectivity index is 0.00000408. The smallest absolute Gasteiger partial charge is 0.545 e. The van der Waals surface area contributed by atoms with Gasteiger partial charge in [0.25, 0.3) is 0 Å². The van der Waals surface area contributed by atoms with Crippen LogP contribution in [-0.4, -0.2) is 18.0 Å². The van der Waals surface area contributed by atoms with E-state index in [-0.39, 0.29) is 46.5 Å². The third-order valence-corrected chi connectivity index (χ3v) is 4.30. The number of carboxylic acid groups (broad SMARTS) is 1. The zero-order valence-electron chi connectivity index (χ0n) is 18.1. The topological polar surface area (TPSA) is 122 Å². The molecular formula is C25H17N4NaO4. The number of carbonyl (C=O) groups is 3. The van der Waals surface area contributed by atoms with E-state index >= 15 is 0 Å². The number of hydrogen-bond donors (Lipinski definition) is 4. The molecule has 4 amide bonds. The molecule has 8 nitrogen and oxygen atoms in total. The largest absolute Gasteiger partial charge is 1.00 e. The predicted octanol–water partition coefficient (Wildman–Crippen LogP) is 0.305. The first kappa shape index (κ1) is 26.0. The molecule has 3 aromatic rings. The average molecular weight is 460 g/mol. The van der Waals surface area contributed by atoms with E-state index in [9.17, 15) is 19.5 Å². The van der Waals surface area contributed by atoms with Crippen molar-refractivity contribution >= 4 is 40.8 Å². The Kier molecular flexibility index (Phi) is 9.30. The van der Waals surface area contributed by atoms with Crippen LogP contribution in [0.25, 0.3) is 0 Å². The van der Waals surface area contributed by atoms with E-state index in [4.69, 9.17) is 12.8 Å². The second kappa shape index (κ2) is 12.1. The first-order valence-electron chi connectivity index (χ1n) is 9.52. The maximum Gasteiger partial charge on any atom is 1.00 e. The summed E-state index contributed by atoms with van der Waals surface area (Å²) in [6.07, 6.45) is 10.6. The molecule has 0 unspecified atom stereocenters. The van der Waals surface area contributed by atoms with Gasteiger partial charge in [-0.1, -0.05) is 11.8 Å². The number of terminal acetylenes is 2. The van der Waals surface area contributed by atoms with Crippen molar-refractivity contribution < 1.29 is 49.0 Å². The molecule has 0 aromatic heterocycles. The fraction of sp³-hybridized carbons (Fsp3) is 0. The Morgan fingerprint density at radius 3 is 1.29 bits per heavy atom. The van der Waals surface area contributed by atoms with Crippen LogP contribution in [0.15, 0.2) is 66.7 Å². The van der Waals surface area contributed by atoms with Gasteiger partial charge in [-0.3, -0.25) is 0 Å². The molecule has 0 saturated carbocycles. The van der Waals surface area contributed by atoms with Gasteiger partial charge >= 0.3 is 41.6 Å². The molecular weight excluding hydrogens is 443 g/mol. The van der Waals surface area contributed by atoms with E-state index in [1.54, 1.807) is 48.5 Å². The van der Waals surface area contributed by atoms with E-state index in [1.807, 2.05) is 0 Å². The molecule has 0 bridgehead atoms. The number of carbonyl (C=O) groups excluding carboxylic acids is 3. The van der Waals surface area contributed by atoms with Crippen molar-refractivity contribution in [3.63, 3.8) is 0 Å². The number of urea groups is 2. The van der Waals surface area contributed by atoms with Gasteiger partial charge in [0, 0.05) is 39.4 Å². The van der Waals surface area contributed by atoms with Gasteiger partial charge in [0.05, 0.1) is 5.97 Å². The summed E-state index contributed by atoms with van der Waals surface area (Å²) < 4.78 is 0. The van der Waals surface area contributed by atoms with Crippen molar-refractivity contribution in [1.82, 2.24) is 0 Å². The molecule has 0 saturated heterocycles. The number of benzene rings is 3. The molecule has 0 aliphatic rings. The van der Waals surface area contributed by atoms with Crippen molar-refractivity contribution in [2.24, 2.45) is 0 Å². The van der Waals surface area contributed by atoms with Gasteiger partial charge < -0.3 is 31.2 Å². The van der Waals surface area contributed by atoms with Gasteiger partial charge in [0.1, 0.15) is 0 Å². The first-order chi connectivity index (χ1) is 15.9. The van der Waals surface area contributed by atoms with Crippen molar-refractivity contribution in [2.75, 3.05) is 21.3 Å². The van der Waals surface area contributed by atoms with Gasteiger partial charge in [-0.2, -0.15) is 0 Å². The number of nitrogens with one attached hydrogen (secondary N) is 4. The van der Waals surface area contributed by atoms with Crippen LogP contribution in [-0.2, 0) is 0 Å². The molecule has 34 heavy (non-hydrogen) atoms. The fourth-order valence-corrected chi connectivity index (χ4v) is 2.78. The zero-order chi connectivity index (χ0) is 23.8. The zero-order valence-corrected chi connectivity index (χ0v) is 20.1. The minimum absolute atomic E-state index is 0. The van der Waals surface area contributed by atoms with Crippen LogP contribution < -0.4 is 55.9 Å². The molecule has 4 N–H and O–H groups in total. The minimum Gasteiger partial charge on any atom is -0.545 e. The fourth-order valence-electron chi connectivity index (χ4n) is 2.78. The summed E-state index contributed by atoms with van der Waals surface area (Å²) in [5, 5.41) is 21.6. The van der Waals surface area contributed by atoms with E-state index in [0.717, 1.165) is 0 Å². The third kappa shape index (κ3) is 7.44. The SMILES string of the molecule is C#Cc1ccc(NC(=O)Nc2cc(NC(=O)Nc3ccc(C#C)cc3)cc(C(=O)[O-])c2)cc1.[Na+]. The Morgan fingerprint density at radius 1 is 0.618 bits per heavy atom. The van der Waals surface area contributed by atoms with E-state index in [1.165, 1.54) is 18.2 Å². The first-order valence-corrected chi connectivity index (χ1v) is 9.52. The quantitative estimate of drug-likeness (QED) is 0.323. The van der Waals surface area contributed by atoms with Crippen LogP contribution in [0.3, 0.4) is 0 Å². The number of amides is 4. The maximum absolute atomic E-state index is 12.3. The summed E-state index contributed by atoms with van der Waals surface area (Å²) in [6, 6.07) is 15.7. The standard InChI is InChI=1S/C25H18N4O4.Na/c1-3-16-5-9-19(10-6-16)26-24(32)28-21-13-18(23(30)31)14-22(15-21)29-25(33)27-20-11-7-17(4-2)8-12-20;/h1-2,5-15H,(H,30,31)(H2,26,28,32)(H2,27,29,33);/q;+1/p-1. The molecule has 0 atom stereocenters. The summed E-state index contributed by atoms with van der Waals surface area (Å²) in [5.41, 5.74) is 2.30. The summed E-state index contributed by atoms with van der Waals surface area (Å²) in [7, 11) is 0. The maximum atomic E-state index is 12.3. The number of anilines is 4. The number of rotatable bonds is 5. The molecule has 3 aromatic carbocycles. The van der Waals surface area contributed by atoms with Crippen molar-refractivity contribution in [3.8, 4) is 24.7 Å². The molecule has 0 aliphatic heterocycles. The van der Waals surface area contributed by atoms with Crippen molar-refractivity contribution in [1.29, 1.82) is 0 Å². The Morgan fingerprint density at radius 2 is 0.971 bits per heavy atom. The Bertz CT molecular complexity index is 1200. The predicted molar refractivity (Wildman–Crippen MR) is 125 cm³/mol. The molecule has 3 rings (SSSR count). The molecule has 0 aliphatic carbocycles. The van der Waals surface area contributed by atoms with E-state index in [0.29, 0.717) is 22.5 Å². The number of carboxylic acids is 1. The van der Waals surface area contributed by atoms with Gasteiger partial charge in [-0.25, -0.2) is 9.59 Å². The molecule has 0 heterocycles. The van der Waals surface area contributed by atoms with E-state index in [2.05, 4.69) is 33.1 Å². The Labute approximate surface area is 218 Å². The van der Waals surface area contributed by atoms with Gasteiger partial charge in [0.15, 0.2) is 0 Å². The summed E-state index contributed by atoms with van der Waals surface area (Å²) in [6.45, 7) is 0. The molecule has 0 spiro atoms. The van der Waals surface area contributed by atoms with Crippen LogP contribution in [0.4, 0.5) is 32.3 Å². The average Bonchev–Trinajstić information content (AvgIpc) is 2.79. The van der Waals surface area contributed by atoms with Crippen LogP contribution in [0.1, 0.15) is 21.5 Å². The monoisotopic (exact) mass is 460 g/mol. The number of aromatic carboxylic acids is 1. The molecule has 162 valence electrons. The Hall–Kier alpha value is -4.21. The van der Waals surface area contributed by atoms with Crippen molar-refractivity contribution in [2.45, 2.75) is 0 Å². The molecule has 0 fully saturated rings. The van der Waals surface area contributed by atoms with Crippen LogP contribution in [0.5, 0.6) is 0 Å². The van der Waals surface area contributed by atoms with Crippen LogP contribution in [0.2, 0.25) is 0 Å². The summed E-state index contributed by atoms with van der Waals surface area (Å²) in [4.78, 5) is 36.0. The molecule has 9 heteroatoms. The summed E-state index contributed by atoms with van der Waals surface area (Å²) >= 11 is 0. The van der Waals surface area contributed by atoms with Crippen LogP contribution in [0, 0.1) is 24.7 Å². The van der Waals surface area contributed by atoms with E-state index < -0.39 is 18.0 Å². The summed E-state index contributed by atoms with van der Waals surface area (Å²) in [5.74, 6) is 3.46. The van der Waals surface area contributed by atoms with Gasteiger partial charge in [0.2, 0.25) is 0 Å². The second-order valence-electron chi connectivity index (χ2n) is 6.69. The van der Waals surface area contributed by atoms with Gasteiger partial charge in [-0.05, 0) is 66.7 Å². The normalized spacial score (nSPS) is 9.35. The second-order valence-corrected chi connectivity index (χ2v) is 6.69.